The molecule has 0 saturated carbocycles. The Labute approximate surface area is 108 Å². The van der Waals surface area contributed by atoms with E-state index < -0.39 is 16.7 Å². The van der Waals surface area contributed by atoms with Crippen LogP contribution in [-0.4, -0.2) is 48.4 Å². The molecule has 0 aliphatic heterocycles. The third-order valence-electron chi connectivity index (χ3n) is 2.15. The van der Waals surface area contributed by atoms with Gasteiger partial charge in [0.1, 0.15) is 4.92 Å². The fourth-order valence-corrected chi connectivity index (χ4v) is 1.68. The van der Waals surface area contributed by atoms with Crippen LogP contribution in [0.5, 0.6) is 0 Å². The Balaban J connectivity index is 2.65. The number of amides is 1. The third kappa shape index (κ3) is 3.71. The zero-order chi connectivity index (χ0) is 13.7. The molecule has 1 atom stereocenters. The predicted molar refractivity (Wildman–Crippen MR) is 63.8 cm³/mol. The van der Waals surface area contributed by atoms with E-state index in [0.29, 0.717) is 6.61 Å². The van der Waals surface area contributed by atoms with E-state index in [-0.39, 0.29) is 17.7 Å². The minimum absolute atomic E-state index is 0.0921. The lowest BCUT2D eigenvalue weighted by molar-refractivity contribution is -0.402. The summed E-state index contributed by atoms with van der Waals surface area (Å²) in [7, 11) is 3.04. The standard InChI is InChI=1S/C10H13ClN2O5/c1-12(5-7(11)6-17-2)10(14)8-3-4-9(18-8)13(15)16/h3-4,7H,5-6H2,1-2H3. The number of nitro groups is 1. The third-order valence-corrected chi connectivity index (χ3v) is 2.41. The van der Waals surface area contributed by atoms with E-state index >= 15 is 0 Å². The molecule has 0 aliphatic rings. The van der Waals surface area contributed by atoms with E-state index in [2.05, 4.69) is 0 Å². The lowest BCUT2D eigenvalue weighted by Crippen LogP contribution is -2.33. The molecule has 1 aromatic heterocycles. The fourth-order valence-electron chi connectivity index (χ4n) is 1.34. The van der Waals surface area contributed by atoms with Crippen LogP contribution in [0.2, 0.25) is 0 Å². The van der Waals surface area contributed by atoms with Gasteiger partial charge in [-0.15, -0.1) is 11.6 Å². The summed E-state index contributed by atoms with van der Waals surface area (Å²) >= 11 is 5.91. The topological polar surface area (TPSA) is 85.8 Å². The second kappa shape index (κ2) is 6.36. The van der Waals surface area contributed by atoms with Crippen LogP contribution in [-0.2, 0) is 4.74 Å². The molecule has 0 bridgehead atoms. The van der Waals surface area contributed by atoms with E-state index in [4.69, 9.17) is 20.8 Å². The van der Waals surface area contributed by atoms with Gasteiger partial charge in [0, 0.05) is 20.7 Å². The molecular formula is C10H13ClN2O5. The van der Waals surface area contributed by atoms with Crippen molar-refractivity contribution >= 4 is 23.4 Å². The normalized spacial score (nSPS) is 12.2. The number of hydrogen-bond donors (Lipinski definition) is 0. The largest absolute Gasteiger partial charge is 0.433 e. The number of rotatable bonds is 6. The van der Waals surface area contributed by atoms with Crippen LogP contribution in [0, 0.1) is 10.1 Å². The summed E-state index contributed by atoms with van der Waals surface area (Å²) in [6.45, 7) is 0.556. The predicted octanol–water partition coefficient (Wildman–Crippen LogP) is 1.51. The van der Waals surface area contributed by atoms with Gasteiger partial charge in [-0.05, 0) is 6.07 Å². The average Bonchev–Trinajstić information content (AvgIpc) is 2.77. The van der Waals surface area contributed by atoms with Crippen molar-refractivity contribution < 1.29 is 18.9 Å². The molecule has 1 unspecified atom stereocenters. The van der Waals surface area contributed by atoms with Gasteiger partial charge in [0.15, 0.2) is 5.76 Å². The van der Waals surface area contributed by atoms with Crippen molar-refractivity contribution in [3.8, 4) is 0 Å². The molecule has 7 nitrogen and oxygen atoms in total. The summed E-state index contributed by atoms with van der Waals surface area (Å²) in [5, 5.41) is 10.1. The van der Waals surface area contributed by atoms with E-state index in [9.17, 15) is 14.9 Å². The summed E-state index contributed by atoms with van der Waals surface area (Å²) < 4.78 is 9.65. The minimum atomic E-state index is -0.702. The molecule has 0 aliphatic carbocycles. The van der Waals surface area contributed by atoms with Crippen LogP contribution in [0.4, 0.5) is 5.88 Å². The Morgan fingerprint density at radius 3 is 2.83 bits per heavy atom. The molecule has 1 rings (SSSR count). The van der Waals surface area contributed by atoms with Crippen molar-refractivity contribution in [1.82, 2.24) is 4.90 Å². The zero-order valence-electron chi connectivity index (χ0n) is 9.96. The molecule has 0 spiro atoms. The van der Waals surface area contributed by atoms with Crippen LogP contribution >= 0.6 is 11.6 Å². The Bertz CT molecular complexity index is 434. The highest BCUT2D eigenvalue weighted by Crippen LogP contribution is 2.17. The van der Waals surface area contributed by atoms with Gasteiger partial charge in [0.05, 0.1) is 18.1 Å². The van der Waals surface area contributed by atoms with Crippen LogP contribution < -0.4 is 0 Å². The van der Waals surface area contributed by atoms with Crippen molar-refractivity contribution in [3.63, 3.8) is 0 Å². The molecule has 0 N–H and O–H groups in total. The number of furan rings is 1. The van der Waals surface area contributed by atoms with Crippen LogP contribution in [0.1, 0.15) is 10.6 Å². The lowest BCUT2D eigenvalue weighted by Gasteiger charge is -2.18. The maximum absolute atomic E-state index is 11.8. The van der Waals surface area contributed by atoms with Gasteiger partial charge in [0.2, 0.25) is 0 Å². The Morgan fingerprint density at radius 1 is 1.67 bits per heavy atom. The molecule has 0 fully saturated rings. The first kappa shape index (κ1) is 14.5. The van der Waals surface area contributed by atoms with E-state index in [1.165, 1.54) is 25.1 Å². The second-order valence-corrected chi connectivity index (χ2v) is 4.25. The summed E-state index contributed by atoms with van der Waals surface area (Å²) in [6.07, 6.45) is 0. The highest BCUT2D eigenvalue weighted by molar-refractivity contribution is 6.21. The molecule has 0 radical (unpaired) electrons. The highest BCUT2D eigenvalue weighted by Gasteiger charge is 2.21. The molecule has 18 heavy (non-hydrogen) atoms. The molecule has 1 aromatic rings. The number of methoxy groups -OCH3 is 1. The van der Waals surface area contributed by atoms with Gasteiger partial charge in [-0.25, -0.2) is 0 Å². The highest BCUT2D eigenvalue weighted by atomic mass is 35.5. The number of halogens is 1. The van der Waals surface area contributed by atoms with Gasteiger partial charge in [-0.1, -0.05) is 0 Å². The van der Waals surface area contributed by atoms with Gasteiger partial charge in [-0.3, -0.25) is 14.9 Å². The molecule has 1 heterocycles. The average molecular weight is 277 g/mol. The van der Waals surface area contributed by atoms with Crippen molar-refractivity contribution in [1.29, 1.82) is 0 Å². The van der Waals surface area contributed by atoms with Crippen LogP contribution in [0.15, 0.2) is 16.5 Å². The summed E-state index contributed by atoms with van der Waals surface area (Å²) in [4.78, 5) is 22.9. The number of alkyl halides is 1. The SMILES string of the molecule is COCC(Cl)CN(C)C(=O)c1ccc([N+](=O)[O-])o1. The first-order chi connectivity index (χ1) is 8.45. The van der Waals surface area contributed by atoms with E-state index in [1.54, 1.807) is 0 Å². The van der Waals surface area contributed by atoms with E-state index in [0.717, 1.165) is 6.07 Å². The zero-order valence-corrected chi connectivity index (χ0v) is 10.7. The maximum atomic E-state index is 11.8. The van der Waals surface area contributed by atoms with Crippen LogP contribution in [0.3, 0.4) is 0 Å². The molecule has 0 saturated heterocycles. The Hall–Kier alpha value is -1.60. The minimum Gasteiger partial charge on any atom is -0.395 e. The van der Waals surface area contributed by atoms with Gasteiger partial charge >= 0.3 is 5.88 Å². The maximum Gasteiger partial charge on any atom is 0.433 e. The molecule has 0 aromatic carbocycles. The number of nitrogens with zero attached hydrogens (tertiary/aromatic N) is 2. The summed E-state index contributed by atoms with van der Waals surface area (Å²) in [5.74, 6) is -1.03. The fraction of sp³-hybridized carbons (Fsp3) is 0.500. The van der Waals surface area contributed by atoms with E-state index in [1.807, 2.05) is 0 Å². The van der Waals surface area contributed by atoms with Crippen molar-refractivity contribution in [2.45, 2.75) is 5.38 Å². The van der Waals surface area contributed by atoms with Gasteiger partial charge in [0.25, 0.3) is 5.91 Å². The van der Waals surface area contributed by atoms with Crippen molar-refractivity contribution in [3.05, 3.63) is 28.0 Å². The van der Waals surface area contributed by atoms with Crippen molar-refractivity contribution in [2.75, 3.05) is 27.3 Å². The number of carbonyl (C=O) groups excluding carboxylic acids is 1. The van der Waals surface area contributed by atoms with Gasteiger partial charge in [-0.2, -0.15) is 0 Å². The first-order valence-corrected chi connectivity index (χ1v) is 5.52. The summed E-state index contributed by atoms with van der Waals surface area (Å²) in [6, 6.07) is 2.39. The van der Waals surface area contributed by atoms with Gasteiger partial charge < -0.3 is 14.1 Å². The lowest BCUT2D eigenvalue weighted by atomic mass is 10.3. The molecule has 8 heteroatoms. The second-order valence-electron chi connectivity index (χ2n) is 3.63. The number of ether oxygens (including phenoxy) is 1. The number of hydrogen-bond acceptors (Lipinski definition) is 5. The number of carbonyl (C=O) groups is 1. The molecular weight excluding hydrogens is 264 g/mol. The monoisotopic (exact) mass is 276 g/mol. The Kier molecular flexibility index (Phi) is 5.11. The summed E-state index contributed by atoms with van der Waals surface area (Å²) in [5.41, 5.74) is 0. The first-order valence-electron chi connectivity index (χ1n) is 5.08. The quantitative estimate of drug-likeness (QED) is 0.447. The molecule has 1 amide bonds. The smallest absolute Gasteiger partial charge is 0.395 e. The van der Waals surface area contributed by atoms with Crippen molar-refractivity contribution in [2.24, 2.45) is 0 Å². The van der Waals surface area contributed by atoms with Crippen LogP contribution in [0.25, 0.3) is 0 Å². The Morgan fingerprint density at radius 2 is 2.33 bits per heavy atom. The molecule has 100 valence electrons.